The molecule has 1 unspecified atom stereocenters. The number of unbranched alkanes of at least 4 members (excludes halogenated alkanes) is 2. The average molecular weight is 337 g/mol. The van der Waals surface area contributed by atoms with Crippen LogP contribution in [0.15, 0.2) is 59.6 Å². The number of benzene rings is 2. The van der Waals surface area contributed by atoms with Gasteiger partial charge in [0.1, 0.15) is 5.75 Å². The Hall–Kier alpha value is -2.49. The Morgan fingerprint density at radius 2 is 1.84 bits per heavy atom. The molecule has 1 aliphatic heterocycles. The molecular formula is C21H27N3O. The van der Waals surface area contributed by atoms with Gasteiger partial charge < -0.3 is 15.8 Å². The molecule has 0 aromatic heterocycles. The molecule has 1 heterocycles. The Labute approximate surface area is 150 Å². The molecular weight excluding hydrogens is 310 g/mol. The molecule has 0 fully saturated rings. The minimum atomic E-state index is 0.187. The number of hydrogen-bond donors (Lipinski definition) is 2. The molecule has 0 amide bonds. The second-order valence-electron chi connectivity index (χ2n) is 6.44. The van der Waals surface area contributed by atoms with Crippen LogP contribution >= 0.6 is 0 Å². The molecule has 0 radical (unpaired) electrons. The lowest BCUT2D eigenvalue weighted by atomic mass is 10.0. The highest BCUT2D eigenvalue weighted by molar-refractivity contribution is 5.78. The van der Waals surface area contributed by atoms with E-state index in [0.29, 0.717) is 12.6 Å². The summed E-state index contributed by atoms with van der Waals surface area (Å²) in [4.78, 5) is 4.48. The van der Waals surface area contributed by atoms with E-state index in [1.54, 1.807) is 0 Å². The number of guanidine groups is 1. The van der Waals surface area contributed by atoms with Crippen molar-refractivity contribution < 1.29 is 4.74 Å². The zero-order valence-electron chi connectivity index (χ0n) is 14.7. The molecule has 0 saturated heterocycles. The van der Waals surface area contributed by atoms with E-state index in [-0.39, 0.29) is 6.04 Å². The zero-order valence-corrected chi connectivity index (χ0v) is 14.7. The van der Waals surface area contributed by atoms with Gasteiger partial charge in [-0.25, -0.2) is 0 Å². The molecule has 2 aromatic carbocycles. The SMILES string of the molecule is NC(=NCCCCCc1ccccc1)NC1CCOc2ccccc21. The van der Waals surface area contributed by atoms with Crippen LogP contribution in [0.3, 0.4) is 0 Å². The summed E-state index contributed by atoms with van der Waals surface area (Å²) < 4.78 is 5.68. The second-order valence-corrected chi connectivity index (χ2v) is 6.44. The van der Waals surface area contributed by atoms with Crippen molar-refractivity contribution in [3.63, 3.8) is 0 Å². The third-order valence-corrected chi connectivity index (χ3v) is 4.53. The van der Waals surface area contributed by atoms with Gasteiger partial charge in [-0.05, 0) is 30.9 Å². The molecule has 3 rings (SSSR count). The van der Waals surface area contributed by atoms with Crippen molar-refractivity contribution >= 4 is 5.96 Å². The van der Waals surface area contributed by atoms with Crippen LogP contribution < -0.4 is 15.8 Å². The summed E-state index contributed by atoms with van der Waals surface area (Å²) in [6.07, 6.45) is 5.48. The molecule has 1 aliphatic rings. The Morgan fingerprint density at radius 3 is 2.72 bits per heavy atom. The minimum Gasteiger partial charge on any atom is -0.493 e. The fraction of sp³-hybridized carbons (Fsp3) is 0.381. The van der Waals surface area contributed by atoms with Crippen molar-refractivity contribution in [2.24, 2.45) is 10.7 Å². The minimum absolute atomic E-state index is 0.187. The van der Waals surface area contributed by atoms with Gasteiger partial charge in [0.25, 0.3) is 0 Å². The van der Waals surface area contributed by atoms with Crippen LogP contribution in [0, 0.1) is 0 Å². The third-order valence-electron chi connectivity index (χ3n) is 4.53. The first-order valence-corrected chi connectivity index (χ1v) is 9.15. The van der Waals surface area contributed by atoms with Gasteiger partial charge in [0, 0.05) is 18.5 Å². The molecule has 132 valence electrons. The normalized spacial score (nSPS) is 16.8. The van der Waals surface area contributed by atoms with Gasteiger partial charge in [0.05, 0.1) is 12.6 Å². The number of nitrogens with two attached hydrogens (primary N) is 1. The number of aliphatic imine (C=N–C) groups is 1. The van der Waals surface area contributed by atoms with E-state index in [0.717, 1.165) is 37.1 Å². The average Bonchev–Trinajstić information content (AvgIpc) is 2.66. The van der Waals surface area contributed by atoms with Crippen molar-refractivity contribution in [2.45, 2.75) is 38.1 Å². The van der Waals surface area contributed by atoms with E-state index in [1.807, 2.05) is 18.2 Å². The first-order valence-electron chi connectivity index (χ1n) is 9.15. The molecule has 0 spiro atoms. The van der Waals surface area contributed by atoms with Crippen LogP contribution in [0.5, 0.6) is 5.75 Å². The highest BCUT2D eigenvalue weighted by Gasteiger charge is 2.20. The summed E-state index contributed by atoms with van der Waals surface area (Å²) in [6, 6.07) is 18.9. The number of fused-ring (bicyclic) bond motifs is 1. The number of aryl methyl sites for hydroxylation is 1. The van der Waals surface area contributed by atoms with Gasteiger partial charge in [-0.3, -0.25) is 4.99 Å². The Bertz CT molecular complexity index is 685. The summed E-state index contributed by atoms with van der Waals surface area (Å²) in [6.45, 7) is 1.49. The largest absolute Gasteiger partial charge is 0.493 e. The van der Waals surface area contributed by atoms with E-state index < -0.39 is 0 Å². The van der Waals surface area contributed by atoms with Crippen LogP contribution in [0.4, 0.5) is 0 Å². The fourth-order valence-corrected chi connectivity index (χ4v) is 3.18. The smallest absolute Gasteiger partial charge is 0.189 e. The van der Waals surface area contributed by atoms with Crippen molar-refractivity contribution in [2.75, 3.05) is 13.2 Å². The number of nitrogens with zero attached hydrogens (tertiary/aromatic N) is 1. The number of hydrogen-bond acceptors (Lipinski definition) is 2. The second kappa shape index (κ2) is 9.11. The van der Waals surface area contributed by atoms with E-state index in [2.05, 4.69) is 46.7 Å². The lowest BCUT2D eigenvalue weighted by Gasteiger charge is -2.26. The maximum Gasteiger partial charge on any atom is 0.189 e. The van der Waals surface area contributed by atoms with Crippen molar-refractivity contribution in [1.29, 1.82) is 0 Å². The van der Waals surface area contributed by atoms with Crippen LogP contribution in [0.1, 0.15) is 42.9 Å². The molecule has 0 aliphatic carbocycles. The Balaban J connectivity index is 1.38. The van der Waals surface area contributed by atoms with Gasteiger partial charge in [-0.15, -0.1) is 0 Å². The van der Waals surface area contributed by atoms with Gasteiger partial charge in [0.15, 0.2) is 5.96 Å². The maximum absolute atomic E-state index is 6.07. The number of para-hydroxylation sites is 1. The predicted octanol–water partition coefficient (Wildman–Crippen LogP) is 3.83. The first-order chi connectivity index (χ1) is 12.3. The van der Waals surface area contributed by atoms with E-state index in [4.69, 9.17) is 10.5 Å². The maximum atomic E-state index is 6.07. The highest BCUT2D eigenvalue weighted by Crippen LogP contribution is 2.31. The highest BCUT2D eigenvalue weighted by atomic mass is 16.5. The van der Waals surface area contributed by atoms with E-state index in [9.17, 15) is 0 Å². The quantitative estimate of drug-likeness (QED) is 0.459. The van der Waals surface area contributed by atoms with Crippen LogP contribution in [-0.2, 0) is 6.42 Å². The zero-order chi connectivity index (χ0) is 17.3. The number of rotatable bonds is 7. The van der Waals surface area contributed by atoms with Crippen LogP contribution in [0.25, 0.3) is 0 Å². The van der Waals surface area contributed by atoms with Gasteiger partial charge >= 0.3 is 0 Å². The summed E-state index contributed by atoms with van der Waals surface area (Å²) in [5.74, 6) is 1.48. The van der Waals surface area contributed by atoms with Crippen molar-refractivity contribution in [1.82, 2.24) is 5.32 Å². The van der Waals surface area contributed by atoms with Crippen LogP contribution in [0.2, 0.25) is 0 Å². The summed E-state index contributed by atoms with van der Waals surface area (Å²) in [5.41, 5.74) is 8.64. The summed E-state index contributed by atoms with van der Waals surface area (Å²) >= 11 is 0. The number of nitrogens with one attached hydrogen (secondary N) is 1. The molecule has 25 heavy (non-hydrogen) atoms. The molecule has 3 N–H and O–H groups in total. The predicted molar refractivity (Wildman–Crippen MR) is 103 cm³/mol. The Kier molecular flexibility index (Phi) is 6.32. The number of ether oxygens (including phenoxy) is 1. The standard InChI is InChI=1S/C21H27N3O/c22-21(23-15-8-2-5-11-17-9-3-1-4-10-17)24-19-14-16-25-20-13-7-6-12-18(19)20/h1,3-4,6-7,9-10,12-13,19H,2,5,8,11,14-16H2,(H3,22,23,24). The molecule has 0 saturated carbocycles. The monoisotopic (exact) mass is 337 g/mol. The first kappa shape index (κ1) is 17.3. The molecule has 1 atom stereocenters. The topological polar surface area (TPSA) is 59.6 Å². The molecule has 4 nitrogen and oxygen atoms in total. The van der Waals surface area contributed by atoms with Crippen molar-refractivity contribution in [3.05, 3.63) is 65.7 Å². The third kappa shape index (κ3) is 5.24. The summed E-state index contributed by atoms with van der Waals surface area (Å²) in [7, 11) is 0. The van der Waals surface area contributed by atoms with E-state index in [1.165, 1.54) is 18.4 Å². The van der Waals surface area contributed by atoms with Gasteiger partial charge in [-0.1, -0.05) is 55.0 Å². The fourth-order valence-electron chi connectivity index (χ4n) is 3.18. The molecule has 4 heteroatoms. The van der Waals surface area contributed by atoms with Crippen molar-refractivity contribution in [3.8, 4) is 5.75 Å². The Morgan fingerprint density at radius 1 is 1.04 bits per heavy atom. The summed E-state index contributed by atoms with van der Waals surface area (Å²) in [5, 5.41) is 3.34. The van der Waals surface area contributed by atoms with E-state index >= 15 is 0 Å². The van der Waals surface area contributed by atoms with Crippen LogP contribution in [-0.4, -0.2) is 19.1 Å². The van der Waals surface area contributed by atoms with Gasteiger partial charge in [-0.2, -0.15) is 0 Å². The lowest BCUT2D eigenvalue weighted by molar-refractivity contribution is 0.262. The lowest BCUT2D eigenvalue weighted by Crippen LogP contribution is -2.37. The van der Waals surface area contributed by atoms with Gasteiger partial charge in [0.2, 0.25) is 0 Å². The molecule has 0 bridgehead atoms. The molecule has 2 aromatic rings.